The van der Waals surface area contributed by atoms with Gasteiger partial charge in [-0.2, -0.15) is 26.3 Å². The molecule has 0 saturated heterocycles. The van der Waals surface area contributed by atoms with Gasteiger partial charge in [-0.15, -0.1) is 0 Å². The lowest BCUT2D eigenvalue weighted by Crippen LogP contribution is -2.58. The molecule has 0 radical (unpaired) electrons. The normalized spacial score (nSPS) is 15.1. The van der Waals surface area contributed by atoms with Crippen molar-refractivity contribution < 1.29 is 35.1 Å². The van der Waals surface area contributed by atoms with Gasteiger partial charge in [-0.25, -0.2) is 8.78 Å². The summed E-state index contributed by atoms with van der Waals surface area (Å²) in [7, 11) is 0. The van der Waals surface area contributed by atoms with E-state index in [1.54, 1.807) is 6.92 Å². The van der Waals surface area contributed by atoms with Crippen molar-refractivity contribution in [2.75, 3.05) is 0 Å². The van der Waals surface area contributed by atoms with Gasteiger partial charge in [0.2, 0.25) is 0 Å². The van der Waals surface area contributed by atoms with Crippen LogP contribution >= 0.6 is 11.6 Å². The molecule has 0 spiro atoms. The molecule has 1 nitrogen and oxygen atoms in total. The van der Waals surface area contributed by atoms with Crippen LogP contribution in [0.3, 0.4) is 0 Å². The third-order valence-corrected chi connectivity index (χ3v) is 5.46. The first-order valence-corrected chi connectivity index (χ1v) is 9.42. The fourth-order valence-corrected chi connectivity index (χ4v) is 3.99. The molecule has 0 aromatic heterocycles. The molecule has 2 aromatic rings. The molecule has 0 heterocycles. The quantitative estimate of drug-likeness (QED) is 0.460. The second kappa shape index (κ2) is 8.24. The van der Waals surface area contributed by atoms with Gasteiger partial charge in [-0.3, -0.25) is 0 Å². The van der Waals surface area contributed by atoms with Crippen molar-refractivity contribution in [3.63, 3.8) is 0 Å². The number of hydrogen-bond acceptors (Lipinski definition) is 1. The van der Waals surface area contributed by atoms with Crippen molar-refractivity contribution in [2.24, 2.45) is 5.73 Å². The number of benzene rings is 2. The van der Waals surface area contributed by atoms with Crippen LogP contribution in [-0.2, 0) is 18.0 Å². The molecule has 0 saturated carbocycles. The fraction of sp³-hybridized carbons (Fsp3) is 0.429. The Hall–Kier alpha value is -1.87. The molecule has 0 bridgehead atoms. The first kappa shape index (κ1) is 25.4. The fourth-order valence-electron chi connectivity index (χ4n) is 3.75. The Labute approximate surface area is 179 Å². The van der Waals surface area contributed by atoms with Crippen LogP contribution in [-0.4, -0.2) is 11.7 Å². The lowest BCUT2D eigenvalue weighted by atomic mass is 9.70. The number of alkyl halides is 6. The lowest BCUT2D eigenvalue weighted by molar-refractivity contribution is -0.191. The van der Waals surface area contributed by atoms with Gasteiger partial charge in [0, 0.05) is 6.42 Å². The van der Waals surface area contributed by atoms with Crippen molar-refractivity contribution in [1.29, 1.82) is 0 Å². The zero-order valence-electron chi connectivity index (χ0n) is 16.8. The Balaban J connectivity index is 2.56. The molecule has 0 aliphatic heterocycles. The average Bonchev–Trinajstić information content (AvgIpc) is 2.58. The smallest absolute Gasteiger partial charge is 0.317 e. The summed E-state index contributed by atoms with van der Waals surface area (Å²) in [6.45, 7) is 4.38. The summed E-state index contributed by atoms with van der Waals surface area (Å²) >= 11 is 5.50. The monoisotopic (exact) mass is 473 g/mol. The second-order valence-corrected chi connectivity index (χ2v) is 8.69. The molecule has 31 heavy (non-hydrogen) atoms. The van der Waals surface area contributed by atoms with E-state index in [1.807, 2.05) is 0 Å². The molecule has 0 aliphatic rings. The molecule has 0 fully saturated rings. The van der Waals surface area contributed by atoms with Crippen molar-refractivity contribution in [3.8, 4) is 0 Å². The number of nitrogens with two attached hydrogens (primary N) is 1. The number of rotatable bonds is 5. The number of halogens is 9. The maximum atomic E-state index is 14.4. The maximum Gasteiger partial charge on any atom is 0.416 e. The van der Waals surface area contributed by atoms with E-state index in [-0.39, 0.29) is 11.6 Å². The van der Waals surface area contributed by atoms with Crippen molar-refractivity contribution in [1.82, 2.24) is 0 Å². The third-order valence-electron chi connectivity index (χ3n) is 5.19. The summed E-state index contributed by atoms with van der Waals surface area (Å²) < 4.78 is 109. The molecule has 0 aliphatic carbocycles. The molecular formula is C21H20ClF8N. The van der Waals surface area contributed by atoms with E-state index in [9.17, 15) is 35.1 Å². The molecule has 0 amide bonds. The Morgan fingerprint density at radius 2 is 1.52 bits per heavy atom. The van der Waals surface area contributed by atoms with Crippen LogP contribution in [0.15, 0.2) is 30.3 Å². The summed E-state index contributed by atoms with van der Waals surface area (Å²) in [5, 5.41) is -0.963. The highest BCUT2D eigenvalue weighted by Crippen LogP contribution is 2.43. The van der Waals surface area contributed by atoms with Gasteiger partial charge >= 0.3 is 12.4 Å². The summed E-state index contributed by atoms with van der Waals surface area (Å²) in [5.74, 6) is -2.08. The van der Waals surface area contributed by atoms with E-state index in [0.29, 0.717) is 11.6 Å². The predicted molar refractivity (Wildman–Crippen MR) is 102 cm³/mol. The Morgan fingerprint density at radius 1 is 0.935 bits per heavy atom. The third kappa shape index (κ3) is 5.49. The largest absolute Gasteiger partial charge is 0.416 e. The highest BCUT2D eigenvalue weighted by molar-refractivity contribution is 6.30. The highest BCUT2D eigenvalue weighted by Gasteiger charge is 2.54. The van der Waals surface area contributed by atoms with Gasteiger partial charge in [0.15, 0.2) is 0 Å². The molecule has 172 valence electrons. The van der Waals surface area contributed by atoms with Crippen molar-refractivity contribution >= 4 is 11.6 Å². The van der Waals surface area contributed by atoms with Crippen LogP contribution in [0.2, 0.25) is 5.02 Å². The number of hydrogen-bond donors (Lipinski definition) is 1. The topological polar surface area (TPSA) is 26.0 Å². The minimum absolute atomic E-state index is 0.245. The van der Waals surface area contributed by atoms with Gasteiger partial charge in [-0.1, -0.05) is 31.5 Å². The highest BCUT2D eigenvalue weighted by atomic mass is 35.5. The minimum Gasteiger partial charge on any atom is -0.317 e. The van der Waals surface area contributed by atoms with E-state index in [2.05, 4.69) is 0 Å². The zero-order valence-corrected chi connectivity index (χ0v) is 17.5. The van der Waals surface area contributed by atoms with Gasteiger partial charge in [0.25, 0.3) is 0 Å². The molecule has 1 unspecified atom stereocenters. The molecule has 2 N–H and O–H groups in total. The SMILES string of the molecule is Cc1ccc(F)cc1C(C)(C)CC(N)(Cc1cc(C(F)(F)F)cc(Cl)c1F)C(F)(F)F. The van der Waals surface area contributed by atoms with Crippen LogP contribution in [0.1, 0.15) is 42.5 Å². The predicted octanol–water partition coefficient (Wildman–Crippen LogP) is 7.12. The van der Waals surface area contributed by atoms with Gasteiger partial charge in [0.1, 0.15) is 17.2 Å². The van der Waals surface area contributed by atoms with Crippen LogP contribution in [0.4, 0.5) is 35.1 Å². The van der Waals surface area contributed by atoms with Crippen LogP contribution in [0.5, 0.6) is 0 Å². The van der Waals surface area contributed by atoms with Gasteiger partial charge in [0.05, 0.1) is 10.6 Å². The van der Waals surface area contributed by atoms with Gasteiger partial charge in [-0.05, 0) is 59.7 Å². The summed E-state index contributed by atoms with van der Waals surface area (Å²) in [4.78, 5) is 0. The Bertz CT molecular complexity index is 965. The van der Waals surface area contributed by atoms with E-state index < -0.39 is 63.9 Å². The standard InChI is InChI=1S/C21H20ClF8N/c1-11-4-5-14(23)8-15(11)18(2,3)10-19(31,21(28,29)30)9-12-6-13(20(25,26)27)7-16(22)17(12)24/h4-8H,9-10,31H2,1-3H3. The van der Waals surface area contributed by atoms with Crippen molar-refractivity contribution in [3.05, 3.63) is 69.2 Å². The molecule has 10 heteroatoms. The van der Waals surface area contributed by atoms with E-state index >= 15 is 0 Å². The Kier molecular flexibility index (Phi) is 6.75. The number of aryl methyl sites for hydroxylation is 1. The van der Waals surface area contributed by atoms with Crippen LogP contribution in [0, 0.1) is 18.6 Å². The molecule has 2 rings (SSSR count). The lowest BCUT2D eigenvalue weighted by Gasteiger charge is -2.40. The summed E-state index contributed by atoms with van der Waals surface area (Å²) in [6.07, 6.45) is -12.2. The van der Waals surface area contributed by atoms with E-state index in [1.165, 1.54) is 19.9 Å². The van der Waals surface area contributed by atoms with Crippen molar-refractivity contribution in [2.45, 2.75) is 56.9 Å². The average molecular weight is 474 g/mol. The van der Waals surface area contributed by atoms with Crippen LogP contribution in [0.25, 0.3) is 0 Å². The first-order chi connectivity index (χ1) is 13.9. The first-order valence-electron chi connectivity index (χ1n) is 9.05. The van der Waals surface area contributed by atoms with E-state index in [0.717, 1.165) is 12.1 Å². The van der Waals surface area contributed by atoms with E-state index in [4.69, 9.17) is 17.3 Å². The maximum absolute atomic E-state index is 14.4. The minimum atomic E-state index is -5.11. The second-order valence-electron chi connectivity index (χ2n) is 8.28. The summed E-state index contributed by atoms with van der Waals surface area (Å²) in [6, 6.07) is 4.19. The van der Waals surface area contributed by atoms with Crippen LogP contribution < -0.4 is 5.73 Å². The zero-order chi connectivity index (χ0) is 24.0. The summed E-state index contributed by atoms with van der Waals surface area (Å²) in [5.41, 5.74) is -0.336. The molecule has 1 atom stereocenters. The molecule has 2 aromatic carbocycles. The molecular weight excluding hydrogens is 454 g/mol. The van der Waals surface area contributed by atoms with Gasteiger partial charge < -0.3 is 5.73 Å². The Morgan fingerprint density at radius 3 is 2.03 bits per heavy atom.